The van der Waals surface area contributed by atoms with Crippen LogP contribution in [-0.2, 0) is 7.05 Å². The van der Waals surface area contributed by atoms with E-state index in [1.807, 2.05) is 30.1 Å². The fourth-order valence-electron chi connectivity index (χ4n) is 3.83. The SMILES string of the molecule is Cn1ccc(C2CCCN(c3ccc(C(=O)NC4CCNC4)cn3)C2)n1. The van der Waals surface area contributed by atoms with Gasteiger partial charge >= 0.3 is 0 Å². The molecule has 0 aromatic carbocycles. The van der Waals surface area contributed by atoms with Gasteiger partial charge < -0.3 is 15.5 Å². The number of nitrogens with zero attached hydrogens (tertiary/aromatic N) is 4. The maximum atomic E-state index is 12.3. The third-order valence-corrected chi connectivity index (χ3v) is 5.30. The highest BCUT2D eigenvalue weighted by Crippen LogP contribution is 2.28. The second-order valence-electron chi connectivity index (χ2n) is 7.27. The number of carbonyl (C=O) groups is 1. The van der Waals surface area contributed by atoms with Gasteiger partial charge in [-0.25, -0.2) is 4.98 Å². The van der Waals surface area contributed by atoms with Crippen LogP contribution in [0.1, 0.15) is 41.2 Å². The summed E-state index contributed by atoms with van der Waals surface area (Å²) in [5.74, 6) is 1.33. The first-order chi connectivity index (χ1) is 12.7. The van der Waals surface area contributed by atoms with Crippen LogP contribution >= 0.6 is 0 Å². The van der Waals surface area contributed by atoms with E-state index in [0.29, 0.717) is 11.5 Å². The molecular weight excluding hydrogens is 328 g/mol. The monoisotopic (exact) mass is 354 g/mol. The Kier molecular flexibility index (Phi) is 4.88. The summed E-state index contributed by atoms with van der Waals surface area (Å²) < 4.78 is 1.86. The molecule has 7 nitrogen and oxygen atoms in total. The van der Waals surface area contributed by atoms with Gasteiger partial charge in [0.15, 0.2) is 0 Å². The van der Waals surface area contributed by atoms with Crippen molar-refractivity contribution in [1.82, 2.24) is 25.4 Å². The number of aromatic nitrogens is 3. The number of amides is 1. The van der Waals surface area contributed by atoms with Crippen molar-refractivity contribution in [2.24, 2.45) is 7.05 Å². The topological polar surface area (TPSA) is 75.1 Å². The molecule has 2 unspecified atom stereocenters. The molecule has 0 radical (unpaired) electrons. The highest BCUT2D eigenvalue weighted by Gasteiger charge is 2.24. The molecule has 0 spiro atoms. The van der Waals surface area contributed by atoms with E-state index in [-0.39, 0.29) is 11.9 Å². The summed E-state index contributed by atoms with van der Waals surface area (Å²) in [6.07, 6.45) is 6.96. The number of hydrogen-bond acceptors (Lipinski definition) is 5. The van der Waals surface area contributed by atoms with Gasteiger partial charge in [0, 0.05) is 51.0 Å². The smallest absolute Gasteiger partial charge is 0.253 e. The maximum absolute atomic E-state index is 12.3. The van der Waals surface area contributed by atoms with Crippen molar-refractivity contribution >= 4 is 11.7 Å². The lowest BCUT2D eigenvalue weighted by atomic mass is 9.95. The molecule has 2 N–H and O–H groups in total. The molecule has 0 saturated carbocycles. The van der Waals surface area contributed by atoms with E-state index >= 15 is 0 Å². The number of anilines is 1. The zero-order valence-corrected chi connectivity index (χ0v) is 15.2. The highest BCUT2D eigenvalue weighted by molar-refractivity contribution is 5.94. The van der Waals surface area contributed by atoms with Gasteiger partial charge in [0.05, 0.1) is 11.3 Å². The number of hydrogen-bond donors (Lipinski definition) is 2. The molecular formula is C19H26N6O. The lowest BCUT2D eigenvalue weighted by Gasteiger charge is -2.32. The molecule has 1 amide bonds. The molecule has 138 valence electrons. The largest absolute Gasteiger partial charge is 0.356 e. The highest BCUT2D eigenvalue weighted by atomic mass is 16.1. The summed E-state index contributed by atoms with van der Waals surface area (Å²) in [5, 5.41) is 10.9. The molecule has 2 fully saturated rings. The third kappa shape index (κ3) is 3.72. The van der Waals surface area contributed by atoms with Gasteiger partial charge in [-0.05, 0) is 44.0 Å². The van der Waals surface area contributed by atoms with E-state index in [1.54, 1.807) is 6.20 Å². The van der Waals surface area contributed by atoms with Crippen molar-refractivity contribution in [1.29, 1.82) is 0 Å². The normalized spacial score (nSPS) is 23.2. The van der Waals surface area contributed by atoms with Crippen LogP contribution in [0.2, 0.25) is 0 Å². The van der Waals surface area contributed by atoms with Gasteiger partial charge in [-0.15, -0.1) is 0 Å². The fourth-order valence-corrected chi connectivity index (χ4v) is 3.83. The van der Waals surface area contributed by atoms with Crippen molar-refractivity contribution in [3.8, 4) is 0 Å². The number of pyridine rings is 1. The molecule has 0 aliphatic carbocycles. The summed E-state index contributed by atoms with van der Waals surface area (Å²) >= 11 is 0. The van der Waals surface area contributed by atoms with E-state index < -0.39 is 0 Å². The number of rotatable bonds is 4. The molecule has 26 heavy (non-hydrogen) atoms. The molecule has 2 aliphatic heterocycles. The van der Waals surface area contributed by atoms with Crippen molar-refractivity contribution in [3.05, 3.63) is 41.9 Å². The Labute approximate surface area is 153 Å². The summed E-state index contributed by atoms with van der Waals surface area (Å²) in [5.41, 5.74) is 1.78. The van der Waals surface area contributed by atoms with Crippen molar-refractivity contribution < 1.29 is 4.79 Å². The summed E-state index contributed by atoms with van der Waals surface area (Å²) in [7, 11) is 1.96. The standard InChI is InChI=1S/C19H26N6O/c1-24-10-7-17(23-24)15-3-2-9-25(13-15)18-5-4-14(11-21-18)19(26)22-16-6-8-20-12-16/h4-5,7,10-11,15-16,20H,2-3,6,8-9,12-13H2,1H3,(H,22,26). The maximum Gasteiger partial charge on any atom is 0.253 e. The first-order valence-electron chi connectivity index (χ1n) is 9.41. The number of nitrogens with one attached hydrogen (secondary N) is 2. The van der Waals surface area contributed by atoms with Crippen LogP contribution in [0, 0.1) is 0 Å². The average Bonchev–Trinajstić information content (AvgIpc) is 3.34. The lowest BCUT2D eigenvalue weighted by molar-refractivity contribution is 0.0939. The third-order valence-electron chi connectivity index (χ3n) is 5.30. The number of piperidine rings is 1. The van der Waals surface area contributed by atoms with Crippen LogP contribution in [0.4, 0.5) is 5.82 Å². The first kappa shape index (κ1) is 17.0. The summed E-state index contributed by atoms with van der Waals surface area (Å²) in [4.78, 5) is 19.2. The van der Waals surface area contributed by atoms with Crippen LogP contribution in [0.15, 0.2) is 30.6 Å². The van der Waals surface area contributed by atoms with E-state index in [4.69, 9.17) is 0 Å². The van der Waals surface area contributed by atoms with Crippen molar-refractivity contribution in [2.75, 3.05) is 31.1 Å². The van der Waals surface area contributed by atoms with Gasteiger partial charge in [0.2, 0.25) is 0 Å². The molecule has 2 aliphatic rings. The fraction of sp³-hybridized carbons (Fsp3) is 0.526. The van der Waals surface area contributed by atoms with Crippen LogP contribution in [0.5, 0.6) is 0 Å². The van der Waals surface area contributed by atoms with Crippen LogP contribution < -0.4 is 15.5 Å². The second-order valence-corrected chi connectivity index (χ2v) is 7.27. The molecule has 4 rings (SSSR count). The van der Waals surface area contributed by atoms with Gasteiger partial charge in [-0.2, -0.15) is 5.10 Å². The predicted molar refractivity (Wildman–Crippen MR) is 100 cm³/mol. The predicted octanol–water partition coefficient (Wildman–Crippen LogP) is 1.29. The van der Waals surface area contributed by atoms with Crippen molar-refractivity contribution in [3.63, 3.8) is 0 Å². The lowest BCUT2D eigenvalue weighted by Crippen LogP contribution is -2.36. The van der Waals surface area contributed by atoms with Crippen molar-refractivity contribution in [2.45, 2.75) is 31.2 Å². The van der Waals surface area contributed by atoms with Crippen LogP contribution in [-0.4, -0.2) is 52.9 Å². The molecule has 0 bridgehead atoms. The zero-order chi connectivity index (χ0) is 17.9. The molecule has 2 aromatic heterocycles. The summed E-state index contributed by atoms with van der Waals surface area (Å²) in [6, 6.07) is 6.17. The van der Waals surface area contributed by atoms with Crippen LogP contribution in [0.25, 0.3) is 0 Å². The minimum atomic E-state index is -0.0391. The first-order valence-corrected chi connectivity index (χ1v) is 9.41. The second kappa shape index (κ2) is 7.45. The van der Waals surface area contributed by atoms with E-state index in [2.05, 4.69) is 31.7 Å². The molecule has 2 aromatic rings. The van der Waals surface area contributed by atoms with Gasteiger partial charge in [-0.1, -0.05) is 0 Å². The molecule has 4 heterocycles. The van der Waals surface area contributed by atoms with E-state index in [1.165, 1.54) is 0 Å². The Morgan fingerprint density at radius 3 is 2.92 bits per heavy atom. The molecule has 7 heteroatoms. The van der Waals surface area contributed by atoms with Crippen LogP contribution in [0.3, 0.4) is 0 Å². The van der Waals surface area contributed by atoms with E-state index in [0.717, 1.165) is 57.0 Å². The Morgan fingerprint density at radius 2 is 2.23 bits per heavy atom. The Balaban J connectivity index is 1.40. The zero-order valence-electron chi connectivity index (χ0n) is 15.2. The Morgan fingerprint density at radius 1 is 1.31 bits per heavy atom. The van der Waals surface area contributed by atoms with E-state index in [9.17, 15) is 4.79 Å². The van der Waals surface area contributed by atoms with Gasteiger partial charge in [0.1, 0.15) is 5.82 Å². The summed E-state index contributed by atoms with van der Waals surface area (Å²) in [6.45, 7) is 3.73. The van der Waals surface area contributed by atoms with Gasteiger partial charge in [0.25, 0.3) is 5.91 Å². The minimum Gasteiger partial charge on any atom is -0.356 e. The minimum absolute atomic E-state index is 0.0391. The Hall–Kier alpha value is -2.41. The van der Waals surface area contributed by atoms with Gasteiger partial charge in [-0.3, -0.25) is 9.48 Å². The Bertz CT molecular complexity index is 750. The number of aryl methyl sites for hydroxylation is 1. The quantitative estimate of drug-likeness (QED) is 0.865. The average molecular weight is 354 g/mol. The number of carbonyl (C=O) groups excluding carboxylic acids is 1. The molecule has 2 saturated heterocycles. The molecule has 2 atom stereocenters.